The predicted molar refractivity (Wildman–Crippen MR) is 180 cm³/mol. The Labute approximate surface area is 262 Å². The van der Waals surface area contributed by atoms with Crippen LogP contribution in [0.25, 0.3) is 62.5 Å². The molecule has 0 aliphatic heterocycles. The van der Waals surface area contributed by atoms with E-state index in [-0.39, 0.29) is 5.41 Å². The van der Waals surface area contributed by atoms with Crippen molar-refractivity contribution in [2.45, 2.75) is 25.7 Å². The van der Waals surface area contributed by atoms with Gasteiger partial charge in [-0.15, -0.1) is 10.2 Å². The maximum atomic E-state index is 5.16. The lowest BCUT2D eigenvalue weighted by Gasteiger charge is -2.21. The first-order chi connectivity index (χ1) is 22.1. The number of rotatable bonds is 5. The number of hydrogen-bond acceptors (Lipinski definition) is 5. The van der Waals surface area contributed by atoms with Gasteiger partial charge in [-0.2, -0.15) is 0 Å². The maximum absolute atomic E-state index is 5.16. The molecule has 6 nitrogen and oxygen atoms in total. The fraction of sp³-hybridized carbons (Fsp3) is 0.103. The number of benzene rings is 2. The van der Waals surface area contributed by atoms with Crippen LogP contribution >= 0.6 is 0 Å². The molecule has 0 radical (unpaired) electrons. The molecular weight excluding hydrogens is 552 g/mol. The summed E-state index contributed by atoms with van der Waals surface area (Å²) in [5.74, 6) is 1.29. The first kappa shape index (κ1) is 26.8. The number of fused-ring (bicyclic) bond motifs is 3. The first-order valence-corrected chi connectivity index (χ1v) is 15.2. The molecule has 0 N–H and O–H groups in total. The van der Waals surface area contributed by atoms with Crippen molar-refractivity contribution < 1.29 is 0 Å². The van der Waals surface area contributed by atoms with Gasteiger partial charge >= 0.3 is 0 Å². The highest BCUT2D eigenvalue weighted by molar-refractivity contribution is 5.83. The van der Waals surface area contributed by atoms with Crippen LogP contribution in [0.5, 0.6) is 0 Å². The molecule has 4 aromatic heterocycles. The number of nitrogens with zero attached hydrogens (tertiary/aromatic N) is 6. The van der Waals surface area contributed by atoms with E-state index in [1.165, 1.54) is 22.3 Å². The summed E-state index contributed by atoms with van der Waals surface area (Å²) < 4.78 is 2.05. The zero-order valence-electron chi connectivity index (χ0n) is 25.1. The average molecular weight is 583 g/mol. The van der Waals surface area contributed by atoms with Crippen molar-refractivity contribution in [1.82, 2.24) is 29.7 Å². The van der Waals surface area contributed by atoms with E-state index in [4.69, 9.17) is 15.1 Å². The van der Waals surface area contributed by atoms with Gasteiger partial charge in [-0.25, -0.2) is 9.97 Å². The lowest BCUT2D eigenvalue weighted by molar-refractivity contribution is 0.660. The molecule has 0 fully saturated rings. The van der Waals surface area contributed by atoms with Gasteiger partial charge in [-0.1, -0.05) is 86.7 Å². The minimum Gasteiger partial charge on any atom is -0.272 e. The molecule has 2 aliphatic rings. The lowest BCUT2D eigenvalue weighted by atomic mass is 9.82. The number of hydrogen-bond donors (Lipinski definition) is 0. The molecule has 8 rings (SSSR count). The number of pyridine rings is 3. The molecule has 2 aliphatic carbocycles. The molecule has 0 saturated carbocycles. The zero-order valence-corrected chi connectivity index (χ0v) is 25.1. The summed E-state index contributed by atoms with van der Waals surface area (Å²) >= 11 is 0. The van der Waals surface area contributed by atoms with Crippen LogP contribution in [0.1, 0.15) is 31.4 Å². The van der Waals surface area contributed by atoms with E-state index in [9.17, 15) is 0 Å². The van der Waals surface area contributed by atoms with Crippen molar-refractivity contribution >= 4 is 5.70 Å². The number of aromatic nitrogens is 6. The minimum atomic E-state index is -0.0861. The monoisotopic (exact) mass is 582 g/mol. The van der Waals surface area contributed by atoms with Crippen molar-refractivity contribution in [3.05, 3.63) is 145 Å². The molecule has 0 unspecified atom stereocenters. The molecule has 0 amide bonds. The topological polar surface area (TPSA) is 69.4 Å². The van der Waals surface area contributed by atoms with Gasteiger partial charge in [-0.3, -0.25) is 9.55 Å². The van der Waals surface area contributed by atoms with Crippen LogP contribution in [0.15, 0.2) is 134 Å². The Hall–Kier alpha value is -5.75. The SMILES string of the molecule is CC1(C)c2ccccc2-c2ccc(-c3cccc(-c4nnc(-c5cccc(-c6ccccn6)n5)n4C4=CC=CCC=C4)n3)cc21. The normalized spacial score (nSPS) is 14.5. The molecular formula is C39H30N6. The molecule has 45 heavy (non-hydrogen) atoms. The smallest absolute Gasteiger partial charge is 0.187 e. The third-order valence-electron chi connectivity index (χ3n) is 8.65. The van der Waals surface area contributed by atoms with E-state index < -0.39 is 0 Å². The molecule has 6 heteroatoms. The highest BCUT2D eigenvalue weighted by Crippen LogP contribution is 2.49. The van der Waals surface area contributed by atoms with Crippen molar-refractivity contribution in [1.29, 1.82) is 0 Å². The highest BCUT2D eigenvalue weighted by Gasteiger charge is 2.35. The Morgan fingerprint density at radius 3 is 2.11 bits per heavy atom. The van der Waals surface area contributed by atoms with Gasteiger partial charge in [-0.05, 0) is 83.3 Å². The second kappa shape index (κ2) is 10.8. The maximum Gasteiger partial charge on any atom is 0.187 e. The average Bonchev–Trinajstić information content (AvgIpc) is 3.49. The Morgan fingerprint density at radius 1 is 0.622 bits per heavy atom. The minimum absolute atomic E-state index is 0.0861. The van der Waals surface area contributed by atoms with Crippen molar-refractivity contribution in [2.24, 2.45) is 0 Å². The third-order valence-corrected chi connectivity index (χ3v) is 8.65. The van der Waals surface area contributed by atoms with Gasteiger partial charge in [0.1, 0.15) is 11.4 Å². The van der Waals surface area contributed by atoms with E-state index >= 15 is 0 Å². The Morgan fingerprint density at radius 2 is 1.31 bits per heavy atom. The van der Waals surface area contributed by atoms with Crippen LogP contribution < -0.4 is 0 Å². The third kappa shape index (κ3) is 4.62. The molecule has 0 spiro atoms. The van der Waals surface area contributed by atoms with Crippen LogP contribution in [-0.4, -0.2) is 29.7 Å². The largest absolute Gasteiger partial charge is 0.272 e. The quantitative estimate of drug-likeness (QED) is 0.203. The molecule has 0 atom stereocenters. The second-order valence-electron chi connectivity index (χ2n) is 11.8. The summed E-state index contributed by atoms with van der Waals surface area (Å²) in [4.78, 5) is 14.6. The fourth-order valence-corrected chi connectivity index (χ4v) is 6.38. The van der Waals surface area contributed by atoms with Crippen molar-refractivity contribution in [3.8, 4) is 56.8 Å². The summed E-state index contributed by atoms with van der Waals surface area (Å²) in [5, 5.41) is 9.40. The fourth-order valence-electron chi connectivity index (χ4n) is 6.38. The standard InChI is InChI=1S/C39H30N6/c1-39(2)30-16-8-7-15-28(30)29-23-22-26(25-31(29)39)32-18-11-20-35(41-32)37-43-44-38(45(37)27-13-5-3-4-6-14-27)36-21-12-19-34(42-36)33-17-9-10-24-40-33/h3,5-25H,4H2,1-2H3. The van der Waals surface area contributed by atoms with Crippen LogP contribution in [0.3, 0.4) is 0 Å². The first-order valence-electron chi connectivity index (χ1n) is 15.2. The zero-order chi connectivity index (χ0) is 30.4. The molecule has 4 heterocycles. The van der Waals surface area contributed by atoms with Crippen LogP contribution in [0.2, 0.25) is 0 Å². The molecule has 0 saturated heterocycles. The Bertz CT molecular complexity index is 2170. The van der Waals surface area contributed by atoms with Crippen LogP contribution in [0, 0.1) is 0 Å². The van der Waals surface area contributed by atoms with Gasteiger partial charge < -0.3 is 0 Å². The molecule has 2 aromatic carbocycles. The van der Waals surface area contributed by atoms with E-state index in [0.717, 1.165) is 40.5 Å². The van der Waals surface area contributed by atoms with Gasteiger partial charge in [0.25, 0.3) is 0 Å². The second-order valence-corrected chi connectivity index (χ2v) is 11.8. The molecule has 0 bridgehead atoms. The summed E-state index contributed by atoms with van der Waals surface area (Å²) in [6, 6.07) is 33.2. The van der Waals surface area contributed by atoms with E-state index in [1.54, 1.807) is 6.20 Å². The van der Waals surface area contributed by atoms with Gasteiger partial charge in [0.2, 0.25) is 0 Å². The summed E-state index contributed by atoms with van der Waals surface area (Å²) in [5.41, 5.74) is 11.1. The van der Waals surface area contributed by atoms with Crippen LogP contribution in [0.4, 0.5) is 0 Å². The van der Waals surface area contributed by atoms with Gasteiger partial charge in [0.15, 0.2) is 11.6 Å². The van der Waals surface area contributed by atoms with E-state index in [1.807, 2.05) is 53.1 Å². The Balaban J connectivity index is 1.24. The summed E-state index contributed by atoms with van der Waals surface area (Å²) in [6.07, 6.45) is 13.1. The van der Waals surface area contributed by atoms with E-state index in [2.05, 4.69) is 103 Å². The summed E-state index contributed by atoms with van der Waals surface area (Å²) in [7, 11) is 0. The lowest BCUT2D eigenvalue weighted by Crippen LogP contribution is -2.14. The van der Waals surface area contributed by atoms with Gasteiger partial charge in [0, 0.05) is 22.9 Å². The van der Waals surface area contributed by atoms with E-state index in [0.29, 0.717) is 17.3 Å². The van der Waals surface area contributed by atoms with Crippen molar-refractivity contribution in [3.63, 3.8) is 0 Å². The predicted octanol–water partition coefficient (Wildman–Crippen LogP) is 8.79. The number of allylic oxidation sites excluding steroid dienone is 6. The Kier molecular flexibility index (Phi) is 6.42. The molecule has 216 valence electrons. The van der Waals surface area contributed by atoms with Gasteiger partial charge in [0.05, 0.1) is 17.1 Å². The van der Waals surface area contributed by atoms with Crippen LogP contribution in [-0.2, 0) is 5.41 Å². The highest BCUT2D eigenvalue weighted by atomic mass is 15.3. The molecule has 6 aromatic rings. The summed E-state index contributed by atoms with van der Waals surface area (Å²) in [6.45, 7) is 4.60. The van der Waals surface area contributed by atoms with Crippen molar-refractivity contribution in [2.75, 3.05) is 0 Å².